The van der Waals surface area contributed by atoms with Crippen molar-refractivity contribution in [2.45, 2.75) is 38.1 Å². The first kappa shape index (κ1) is 17.8. The number of nitrogens with zero attached hydrogens (tertiary/aromatic N) is 2. The van der Waals surface area contributed by atoms with Gasteiger partial charge >= 0.3 is 0 Å². The lowest BCUT2D eigenvalue weighted by Crippen LogP contribution is -2.54. The first-order chi connectivity index (χ1) is 11.3. The largest absolute Gasteiger partial charge is 0.332 e. The van der Waals surface area contributed by atoms with Crippen molar-refractivity contribution in [3.05, 3.63) is 32.4 Å². The van der Waals surface area contributed by atoms with Crippen LogP contribution in [0.4, 0.5) is 0 Å². The summed E-state index contributed by atoms with van der Waals surface area (Å²) in [5.41, 5.74) is 2.25. The van der Waals surface area contributed by atoms with Gasteiger partial charge in [0, 0.05) is 23.7 Å². The van der Waals surface area contributed by atoms with E-state index in [1.54, 1.807) is 19.1 Å². The number of piperidine rings is 1. The van der Waals surface area contributed by atoms with E-state index in [1.165, 1.54) is 0 Å². The highest BCUT2D eigenvalue weighted by molar-refractivity contribution is 14.1. The molecule has 0 aliphatic carbocycles. The van der Waals surface area contributed by atoms with Crippen molar-refractivity contribution < 1.29 is 14.4 Å². The van der Waals surface area contributed by atoms with Gasteiger partial charge in [-0.15, -0.1) is 0 Å². The van der Waals surface area contributed by atoms with Crippen LogP contribution in [0.2, 0.25) is 0 Å². The van der Waals surface area contributed by atoms with Crippen molar-refractivity contribution >= 4 is 34.3 Å². The molecule has 6 heteroatoms. The lowest BCUT2D eigenvalue weighted by molar-refractivity contribution is -0.165. The molecule has 1 atom stereocenters. The number of halogens is 1. The minimum Gasteiger partial charge on any atom is -0.332 e. The van der Waals surface area contributed by atoms with Crippen molar-refractivity contribution in [2.24, 2.45) is 0 Å². The molecule has 1 aromatic carbocycles. The summed E-state index contributed by atoms with van der Waals surface area (Å²) in [6, 6.07) is 4.09. The Bertz CT molecular complexity index is 672. The van der Waals surface area contributed by atoms with Crippen molar-refractivity contribution in [3.8, 4) is 0 Å². The summed E-state index contributed by atoms with van der Waals surface area (Å²) in [7, 11) is 3.42. The Kier molecular flexibility index (Phi) is 4.74. The Morgan fingerprint density at radius 2 is 1.71 bits per heavy atom. The van der Waals surface area contributed by atoms with Crippen molar-refractivity contribution in [3.63, 3.8) is 0 Å². The first-order valence-electron chi connectivity index (χ1n) is 8.19. The van der Waals surface area contributed by atoms with Crippen molar-refractivity contribution in [1.29, 1.82) is 0 Å². The molecule has 0 N–H and O–H groups in total. The summed E-state index contributed by atoms with van der Waals surface area (Å²) in [5.74, 6) is -0.683. The Hall–Kier alpha value is -0.990. The maximum atomic E-state index is 13.4. The number of likely N-dealkylation sites (N-methyl/N-ethyl adjacent to an activating group) is 1. The fourth-order valence-electron chi connectivity index (χ4n) is 4.20. The fraction of sp³-hybridized carbons (Fsp3) is 0.556. The second-order valence-electron chi connectivity index (χ2n) is 6.79. The van der Waals surface area contributed by atoms with Gasteiger partial charge in [-0.05, 0) is 78.1 Å². The third kappa shape index (κ3) is 2.59. The number of ketones is 1. The number of hydroxylamine groups is 2. The Labute approximate surface area is 156 Å². The number of rotatable bonds is 2. The number of carbonyl (C=O) groups excluding carboxylic acids is 2. The van der Waals surface area contributed by atoms with Gasteiger partial charge in [-0.25, -0.2) is 0 Å². The maximum Gasteiger partial charge on any atom is 0.238 e. The minimum absolute atomic E-state index is 0.0539. The van der Waals surface area contributed by atoms with Crippen molar-refractivity contribution in [2.75, 3.05) is 27.2 Å². The number of aryl methyl sites for hydroxylation is 2. The highest BCUT2D eigenvalue weighted by Gasteiger charge is 2.58. The van der Waals surface area contributed by atoms with E-state index >= 15 is 0 Å². The Balaban J connectivity index is 2.01. The van der Waals surface area contributed by atoms with E-state index in [-0.39, 0.29) is 11.7 Å². The molecule has 0 aromatic heterocycles. The van der Waals surface area contributed by atoms with Gasteiger partial charge in [0.25, 0.3) is 0 Å². The molecule has 3 rings (SSSR count). The van der Waals surface area contributed by atoms with E-state index in [0.29, 0.717) is 25.9 Å². The quantitative estimate of drug-likeness (QED) is 0.522. The van der Waals surface area contributed by atoms with Crippen LogP contribution in [0.1, 0.15) is 35.4 Å². The normalized spacial score (nSPS) is 24.2. The third-order valence-corrected chi connectivity index (χ3v) is 6.22. The molecule has 2 aliphatic heterocycles. The van der Waals surface area contributed by atoms with Gasteiger partial charge in [-0.3, -0.25) is 9.59 Å². The average molecular weight is 442 g/mol. The van der Waals surface area contributed by atoms with Crippen LogP contribution in [0.25, 0.3) is 0 Å². The van der Waals surface area contributed by atoms with Crippen LogP contribution in [-0.2, 0) is 14.4 Å². The molecule has 24 heavy (non-hydrogen) atoms. The van der Waals surface area contributed by atoms with Gasteiger partial charge in [0.1, 0.15) is 11.5 Å². The van der Waals surface area contributed by atoms with E-state index in [9.17, 15) is 9.59 Å². The number of carbonyl (C=O) groups is 2. The summed E-state index contributed by atoms with van der Waals surface area (Å²) < 4.78 is 1.13. The first-order valence-corrected chi connectivity index (χ1v) is 9.27. The Morgan fingerprint density at radius 3 is 2.21 bits per heavy atom. The SMILES string of the molecule is CON1CCC2(CC1)C(=O)C(c1c(C)cc(I)cc1C)C(=O)N2C. The molecule has 1 unspecified atom stereocenters. The van der Waals surface area contributed by atoms with E-state index in [1.807, 2.05) is 31.0 Å². The predicted octanol–water partition coefficient (Wildman–Crippen LogP) is 2.43. The summed E-state index contributed by atoms with van der Waals surface area (Å²) in [6.07, 6.45) is 1.25. The minimum atomic E-state index is -0.682. The lowest BCUT2D eigenvalue weighted by atomic mass is 9.79. The molecule has 5 nitrogen and oxygen atoms in total. The molecule has 2 saturated heterocycles. The van der Waals surface area contributed by atoms with E-state index < -0.39 is 11.5 Å². The number of hydrogen-bond donors (Lipinski definition) is 0. The van der Waals surface area contributed by atoms with Gasteiger partial charge in [-0.2, -0.15) is 5.06 Å². The molecule has 1 aromatic rings. The van der Waals surface area contributed by atoms with Gasteiger partial charge in [0.15, 0.2) is 5.78 Å². The molecule has 2 heterocycles. The van der Waals surface area contributed by atoms with E-state index in [2.05, 4.69) is 22.6 Å². The van der Waals surface area contributed by atoms with E-state index in [4.69, 9.17) is 4.84 Å². The molecule has 2 aliphatic rings. The Morgan fingerprint density at radius 1 is 1.17 bits per heavy atom. The fourth-order valence-corrected chi connectivity index (χ4v) is 5.14. The number of amides is 1. The zero-order valence-corrected chi connectivity index (χ0v) is 16.7. The molecule has 2 fully saturated rings. The number of likely N-dealkylation sites (tertiary alicyclic amines) is 1. The second-order valence-corrected chi connectivity index (χ2v) is 8.04. The topological polar surface area (TPSA) is 49.9 Å². The monoisotopic (exact) mass is 442 g/mol. The van der Waals surface area contributed by atoms with Crippen LogP contribution < -0.4 is 0 Å². The van der Waals surface area contributed by atoms with Crippen LogP contribution in [0.5, 0.6) is 0 Å². The number of hydrogen-bond acceptors (Lipinski definition) is 4. The van der Waals surface area contributed by atoms with Gasteiger partial charge < -0.3 is 9.74 Å². The highest BCUT2D eigenvalue weighted by Crippen LogP contribution is 2.43. The predicted molar refractivity (Wildman–Crippen MR) is 99.7 cm³/mol. The third-order valence-electron chi connectivity index (χ3n) is 5.60. The number of benzene rings is 1. The standard InChI is InChI=1S/C18H23IN2O3/c1-11-9-13(19)10-12(2)14(11)15-16(22)18(20(3)17(15)23)5-7-21(24-4)8-6-18/h9-10,15H,5-8H2,1-4H3. The van der Waals surface area contributed by atoms with Crippen LogP contribution in [0.15, 0.2) is 12.1 Å². The summed E-state index contributed by atoms with van der Waals surface area (Å²) in [6.45, 7) is 5.31. The van der Waals surface area contributed by atoms with Gasteiger partial charge in [-0.1, -0.05) is 0 Å². The van der Waals surface area contributed by atoms with Crippen molar-refractivity contribution in [1.82, 2.24) is 9.96 Å². The second kappa shape index (κ2) is 6.38. The lowest BCUT2D eigenvalue weighted by Gasteiger charge is -2.41. The highest BCUT2D eigenvalue weighted by atomic mass is 127. The molecular weight excluding hydrogens is 419 g/mol. The van der Waals surface area contributed by atoms with Gasteiger partial charge in [0.2, 0.25) is 5.91 Å². The zero-order valence-electron chi connectivity index (χ0n) is 14.6. The molecule has 0 radical (unpaired) electrons. The summed E-state index contributed by atoms with van der Waals surface area (Å²) >= 11 is 2.27. The maximum absolute atomic E-state index is 13.4. The molecular formula is C18H23IN2O3. The molecule has 130 valence electrons. The zero-order chi connectivity index (χ0) is 17.6. The number of Topliss-reactive ketones (excluding diaryl/α,β-unsaturated/α-hetero) is 1. The van der Waals surface area contributed by atoms with E-state index in [0.717, 1.165) is 20.3 Å². The van der Waals surface area contributed by atoms with Crippen LogP contribution in [-0.4, -0.2) is 54.4 Å². The molecule has 1 amide bonds. The molecule has 0 saturated carbocycles. The summed E-state index contributed by atoms with van der Waals surface area (Å²) in [4.78, 5) is 33.3. The smallest absolute Gasteiger partial charge is 0.238 e. The molecule has 1 spiro atoms. The molecule has 0 bridgehead atoms. The average Bonchev–Trinajstić information content (AvgIpc) is 2.71. The van der Waals surface area contributed by atoms with Gasteiger partial charge in [0.05, 0.1) is 7.11 Å². The van der Waals surface area contributed by atoms with Crippen LogP contribution in [0.3, 0.4) is 0 Å². The summed E-state index contributed by atoms with van der Waals surface area (Å²) in [5, 5.41) is 1.85. The van der Waals surface area contributed by atoms with Crippen LogP contribution >= 0.6 is 22.6 Å². The van der Waals surface area contributed by atoms with Crippen LogP contribution in [0, 0.1) is 17.4 Å².